The molecule has 1 fully saturated rings. The Morgan fingerprint density at radius 1 is 0.792 bits per heavy atom. The van der Waals surface area contributed by atoms with Crippen LogP contribution >= 0.6 is 0 Å². The molecule has 0 aromatic carbocycles. The summed E-state index contributed by atoms with van der Waals surface area (Å²) in [6.45, 7) is 0. The highest BCUT2D eigenvalue weighted by atomic mass is 32.3. The van der Waals surface area contributed by atoms with E-state index in [0.717, 1.165) is 0 Å². The van der Waals surface area contributed by atoms with Crippen LogP contribution in [0.25, 0.3) is 0 Å². The van der Waals surface area contributed by atoms with Crippen LogP contribution < -0.4 is 0 Å². The molecule has 1 aliphatic rings. The monoisotopic (exact) mass is 438 g/mol. The minimum Gasteiger partial charge on any atom is -0.226 e. The molecule has 0 spiro atoms. The van der Waals surface area contributed by atoms with Crippen LogP contribution in [0.3, 0.4) is 0 Å². The lowest BCUT2D eigenvalue weighted by Crippen LogP contribution is -2.71. The molecule has 0 aliphatic carbocycles. The van der Waals surface area contributed by atoms with Gasteiger partial charge in [-0.05, 0) is 0 Å². The van der Waals surface area contributed by atoms with E-state index in [9.17, 15) is 64.8 Å². The number of halogens is 9. The third-order valence-corrected chi connectivity index (χ3v) is 11.7. The van der Waals surface area contributed by atoms with Gasteiger partial charge in [0.2, 0.25) is 0 Å². The van der Waals surface area contributed by atoms with Gasteiger partial charge in [0.1, 0.15) is 5.75 Å². The Labute approximate surface area is 127 Å². The van der Waals surface area contributed by atoms with Gasteiger partial charge in [0.05, 0.1) is 0 Å². The smallest absolute Gasteiger partial charge is 0.226 e. The predicted molar refractivity (Wildman–Crippen MR) is 56.3 cm³/mol. The second-order valence-electron chi connectivity index (χ2n) is 4.41. The van der Waals surface area contributed by atoms with Gasteiger partial charge in [-0.25, -0.2) is 25.3 Å². The molecule has 24 heavy (non-hydrogen) atoms. The van der Waals surface area contributed by atoms with E-state index in [2.05, 4.69) is 0 Å². The zero-order valence-electron chi connectivity index (χ0n) is 10.4. The van der Waals surface area contributed by atoms with E-state index in [1.165, 1.54) is 0 Å². The summed E-state index contributed by atoms with van der Waals surface area (Å²) in [5.74, 6) is -10.6. The maximum Gasteiger partial charge on any atom is 0.416 e. The van der Waals surface area contributed by atoms with Gasteiger partial charge < -0.3 is 0 Å². The largest absolute Gasteiger partial charge is 0.416 e. The molecule has 0 unspecified atom stereocenters. The molecule has 0 aromatic rings. The molecule has 0 radical (unpaired) electrons. The molecule has 0 saturated carbocycles. The molecular weight excluding hydrogens is 435 g/mol. The molecule has 1 aliphatic heterocycles. The molecule has 0 amide bonds. The zero-order chi connectivity index (χ0) is 19.8. The van der Waals surface area contributed by atoms with Crippen molar-refractivity contribution in [2.75, 3.05) is 5.75 Å². The lowest BCUT2D eigenvalue weighted by Gasteiger charge is -2.39. The molecule has 6 nitrogen and oxygen atoms in total. The molecule has 0 bridgehead atoms. The van der Waals surface area contributed by atoms with Crippen LogP contribution in [0.5, 0.6) is 0 Å². The minimum absolute atomic E-state index is 3.43. The Morgan fingerprint density at radius 2 is 1.08 bits per heavy atom. The molecule has 144 valence electrons. The zero-order valence-corrected chi connectivity index (χ0v) is 12.8. The molecule has 1 rings (SSSR count). The average Bonchev–Trinajstić information content (AvgIpc) is 2.21. The fourth-order valence-electron chi connectivity index (χ4n) is 1.62. The summed E-state index contributed by atoms with van der Waals surface area (Å²) in [6.07, 6.45) is -5.94. The maximum atomic E-state index is 13.2. The Hall–Kier alpha value is -0.780. The van der Waals surface area contributed by atoms with Gasteiger partial charge in [0.25, 0.3) is 23.6 Å². The fourth-order valence-corrected chi connectivity index (χ4v) is 10.0. The van der Waals surface area contributed by atoms with Crippen molar-refractivity contribution >= 4 is 29.5 Å². The van der Waals surface area contributed by atoms with Crippen molar-refractivity contribution in [2.45, 2.75) is 26.5 Å². The molecule has 0 N–H and O–H groups in total. The highest BCUT2D eigenvalue weighted by Crippen LogP contribution is 2.58. The van der Waals surface area contributed by atoms with E-state index < -0.39 is 61.8 Å². The van der Waals surface area contributed by atoms with E-state index in [4.69, 9.17) is 0 Å². The van der Waals surface area contributed by atoms with E-state index in [1.807, 2.05) is 0 Å². The highest BCUT2D eigenvalue weighted by molar-refractivity contribution is 8.25. The van der Waals surface area contributed by atoms with Crippen molar-refractivity contribution in [3.05, 3.63) is 0 Å². The second kappa shape index (κ2) is 4.89. The minimum atomic E-state index is -7.56. The maximum absolute atomic E-state index is 13.2. The van der Waals surface area contributed by atoms with Crippen molar-refractivity contribution in [3.63, 3.8) is 0 Å². The third-order valence-electron chi connectivity index (χ3n) is 2.61. The number of hydrogen-bond donors (Lipinski definition) is 0. The first-order valence-corrected chi connectivity index (χ1v) is 9.77. The summed E-state index contributed by atoms with van der Waals surface area (Å²) in [5.41, 5.74) is 0. The molecule has 1 saturated heterocycles. The van der Waals surface area contributed by atoms with Crippen LogP contribution in [-0.2, 0) is 29.5 Å². The van der Waals surface area contributed by atoms with E-state index in [1.54, 1.807) is 0 Å². The van der Waals surface area contributed by atoms with Crippen LogP contribution in [0, 0.1) is 0 Å². The summed E-state index contributed by atoms with van der Waals surface area (Å²) in [4.78, 5) is 0. The molecular formula is C6H3F9O6S3. The summed E-state index contributed by atoms with van der Waals surface area (Å²) in [7, 11) is -22.0. The fraction of sp³-hybridized carbons (Fsp3) is 1.00. The lowest BCUT2D eigenvalue weighted by atomic mass is 10.3. The van der Waals surface area contributed by atoms with Gasteiger partial charge in [-0.3, -0.25) is 0 Å². The summed E-state index contributed by atoms with van der Waals surface area (Å²) in [6, 6.07) is 0. The van der Waals surface area contributed by atoms with Crippen molar-refractivity contribution in [1.82, 2.24) is 0 Å². The molecule has 0 atom stereocenters. The first-order chi connectivity index (χ1) is 10.1. The van der Waals surface area contributed by atoms with Crippen LogP contribution in [-0.4, -0.2) is 57.5 Å². The molecule has 0 aromatic heterocycles. The van der Waals surface area contributed by atoms with Gasteiger partial charge in [-0.15, -0.1) is 0 Å². The number of alkyl halides is 9. The van der Waals surface area contributed by atoms with Gasteiger partial charge in [0.15, 0.2) is 9.84 Å². The van der Waals surface area contributed by atoms with E-state index in [0.29, 0.717) is 0 Å². The summed E-state index contributed by atoms with van der Waals surface area (Å²) >= 11 is 0. The quantitative estimate of drug-likeness (QED) is 0.594. The second-order valence-corrected chi connectivity index (χ2v) is 11.5. The lowest BCUT2D eigenvalue weighted by molar-refractivity contribution is -0.245. The number of hydrogen-bond acceptors (Lipinski definition) is 6. The van der Waals surface area contributed by atoms with Gasteiger partial charge >= 0.3 is 22.6 Å². The van der Waals surface area contributed by atoms with Crippen LogP contribution in [0.2, 0.25) is 0 Å². The Balaban J connectivity index is 3.93. The topological polar surface area (TPSA) is 102 Å². The van der Waals surface area contributed by atoms with Crippen molar-refractivity contribution in [2.24, 2.45) is 0 Å². The van der Waals surface area contributed by atoms with E-state index in [-0.39, 0.29) is 0 Å². The first-order valence-electron chi connectivity index (χ1n) is 4.96. The first kappa shape index (κ1) is 21.3. The molecule has 1 heterocycles. The van der Waals surface area contributed by atoms with Gasteiger partial charge in [-0.2, -0.15) is 39.5 Å². The standard InChI is InChI=1S/C6H3F9O6S3/c7-3(8,9)1-22(16,17)2-23(18,19)5(12,13)4(10,11)6(14,15)24(2,20)21/h2H,1H2. The van der Waals surface area contributed by atoms with Crippen LogP contribution in [0.1, 0.15) is 0 Å². The average molecular weight is 438 g/mol. The van der Waals surface area contributed by atoms with Gasteiger partial charge in [0, 0.05) is 0 Å². The Kier molecular flexibility index (Phi) is 4.33. The van der Waals surface area contributed by atoms with Crippen molar-refractivity contribution < 1.29 is 64.8 Å². The number of sulfone groups is 3. The van der Waals surface area contributed by atoms with Crippen LogP contribution in [0.15, 0.2) is 0 Å². The Morgan fingerprint density at radius 3 is 1.33 bits per heavy atom. The van der Waals surface area contributed by atoms with Gasteiger partial charge in [-0.1, -0.05) is 0 Å². The SMILES string of the molecule is O=S(=O)(CC(F)(F)F)C1S(=O)(=O)C(F)(F)C(F)(F)C(F)(F)S1(=O)=O. The van der Waals surface area contributed by atoms with Crippen LogP contribution in [0.4, 0.5) is 39.5 Å². The predicted octanol–water partition coefficient (Wildman–Crippen LogP) is 0.911. The summed E-state index contributed by atoms with van der Waals surface area (Å²) < 4.78 is 177. The summed E-state index contributed by atoms with van der Waals surface area (Å²) in [5, 5.41) is -13.9. The Bertz CT molecular complexity index is 802. The highest BCUT2D eigenvalue weighted by Gasteiger charge is 2.90. The van der Waals surface area contributed by atoms with Crippen molar-refractivity contribution in [1.29, 1.82) is 0 Å². The van der Waals surface area contributed by atoms with E-state index >= 15 is 0 Å². The normalized spacial score (nSPS) is 28.4. The third kappa shape index (κ3) is 2.47. The van der Waals surface area contributed by atoms with Crippen molar-refractivity contribution in [3.8, 4) is 0 Å². The number of rotatable bonds is 2. The molecule has 18 heteroatoms.